The van der Waals surface area contributed by atoms with Gasteiger partial charge in [-0.05, 0) is 48.5 Å². The zero-order valence-electron chi connectivity index (χ0n) is 10.3. The Kier molecular flexibility index (Phi) is 4.29. The normalized spacial score (nSPS) is 9.53. The zero-order chi connectivity index (χ0) is 13.5. The van der Waals surface area contributed by atoms with Gasteiger partial charge in [0.25, 0.3) is 0 Å². The molecule has 0 bridgehead atoms. The summed E-state index contributed by atoms with van der Waals surface area (Å²) in [7, 11) is 1.55. The van der Waals surface area contributed by atoms with Crippen molar-refractivity contribution in [3.8, 4) is 11.5 Å². The van der Waals surface area contributed by atoms with E-state index in [1.807, 2.05) is 24.3 Å². The van der Waals surface area contributed by atoms with E-state index >= 15 is 0 Å². The van der Waals surface area contributed by atoms with Gasteiger partial charge in [-0.1, -0.05) is 0 Å². The number of nitrogens with zero attached hydrogens (tertiary/aromatic N) is 1. The summed E-state index contributed by atoms with van der Waals surface area (Å²) in [6.07, 6.45) is 1.49. The largest absolute Gasteiger partial charge is 0.457 e. The van der Waals surface area contributed by atoms with Crippen LogP contribution in [0.5, 0.6) is 11.5 Å². The fraction of sp³-hybridized carbons (Fsp3) is 0.0714. The lowest BCUT2D eigenvalue weighted by Crippen LogP contribution is -1.94. The van der Waals surface area contributed by atoms with Crippen LogP contribution in [0.3, 0.4) is 0 Å². The van der Waals surface area contributed by atoms with Crippen LogP contribution in [0.25, 0.3) is 0 Å². The maximum Gasteiger partial charge on any atom is 0.240 e. The molecule has 0 unspecified atom stereocenters. The number of hydrogen-bond donors (Lipinski definition) is 1. The molecule has 0 saturated carbocycles. The second-order valence-electron chi connectivity index (χ2n) is 3.63. The lowest BCUT2D eigenvalue weighted by Gasteiger charge is -2.07. The van der Waals surface area contributed by atoms with E-state index in [-0.39, 0.29) is 0 Å². The number of anilines is 1. The van der Waals surface area contributed by atoms with Gasteiger partial charge in [0.2, 0.25) is 6.08 Å². The topological polar surface area (TPSA) is 59.9 Å². The summed E-state index contributed by atoms with van der Waals surface area (Å²) in [4.78, 5) is 18.4. The van der Waals surface area contributed by atoms with E-state index in [1.165, 1.54) is 6.08 Å². The third-order valence-corrected chi connectivity index (χ3v) is 2.32. The summed E-state index contributed by atoms with van der Waals surface area (Å²) in [6, 6.07) is 14.1. The monoisotopic (exact) mass is 256 g/mol. The number of nitrogens with one attached hydrogen (secondary N) is 1. The third-order valence-electron chi connectivity index (χ3n) is 2.32. The van der Waals surface area contributed by atoms with E-state index in [0.29, 0.717) is 17.2 Å². The van der Waals surface area contributed by atoms with Crippen molar-refractivity contribution in [3.05, 3.63) is 48.5 Å². The van der Waals surface area contributed by atoms with Gasteiger partial charge in [0.15, 0.2) is 0 Å². The number of aliphatic imine (C=N–C) groups is 1. The fourth-order valence-electron chi connectivity index (χ4n) is 1.49. The van der Waals surface area contributed by atoms with Gasteiger partial charge < -0.3 is 4.74 Å². The van der Waals surface area contributed by atoms with Gasteiger partial charge in [-0.3, -0.25) is 10.3 Å². The highest BCUT2D eigenvalue weighted by atomic mass is 16.6. The van der Waals surface area contributed by atoms with Gasteiger partial charge >= 0.3 is 0 Å². The van der Waals surface area contributed by atoms with E-state index < -0.39 is 0 Å². The van der Waals surface area contributed by atoms with Crippen LogP contribution in [0, 0.1) is 0 Å². The molecule has 0 fully saturated rings. The number of rotatable bonds is 5. The first-order valence-electron chi connectivity index (χ1n) is 5.56. The second kappa shape index (κ2) is 6.35. The Morgan fingerprint density at radius 1 is 1.00 bits per heavy atom. The summed E-state index contributed by atoms with van der Waals surface area (Å²) in [6.45, 7) is 0. The average Bonchev–Trinajstić information content (AvgIpc) is 2.44. The van der Waals surface area contributed by atoms with Crippen molar-refractivity contribution in [1.82, 2.24) is 0 Å². The first-order chi connectivity index (χ1) is 9.31. The van der Waals surface area contributed by atoms with Crippen LogP contribution < -0.4 is 10.2 Å². The minimum absolute atomic E-state index is 0.544. The SMILES string of the molecule is CONc1ccc(Oc2ccc(N=C=O)cc2)cc1. The molecule has 0 saturated heterocycles. The Labute approximate surface area is 110 Å². The van der Waals surface area contributed by atoms with Gasteiger partial charge in [-0.15, -0.1) is 0 Å². The van der Waals surface area contributed by atoms with Crippen LogP contribution in [0.2, 0.25) is 0 Å². The van der Waals surface area contributed by atoms with Crippen molar-refractivity contribution in [2.24, 2.45) is 4.99 Å². The maximum atomic E-state index is 10.1. The molecule has 96 valence electrons. The molecule has 0 aliphatic heterocycles. The van der Waals surface area contributed by atoms with Gasteiger partial charge in [0.1, 0.15) is 11.5 Å². The zero-order valence-corrected chi connectivity index (χ0v) is 10.3. The molecule has 0 spiro atoms. The molecular weight excluding hydrogens is 244 g/mol. The van der Waals surface area contributed by atoms with Gasteiger partial charge in [0, 0.05) is 0 Å². The van der Waals surface area contributed by atoms with Crippen molar-refractivity contribution >= 4 is 17.5 Å². The molecule has 0 heterocycles. The van der Waals surface area contributed by atoms with Crippen molar-refractivity contribution in [3.63, 3.8) is 0 Å². The Morgan fingerprint density at radius 3 is 2.11 bits per heavy atom. The van der Waals surface area contributed by atoms with Crippen LogP contribution in [-0.4, -0.2) is 13.2 Å². The van der Waals surface area contributed by atoms with E-state index in [4.69, 9.17) is 9.57 Å². The quantitative estimate of drug-likeness (QED) is 0.506. The van der Waals surface area contributed by atoms with Crippen molar-refractivity contribution in [2.75, 3.05) is 12.6 Å². The Morgan fingerprint density at radius 2 is 1.58 bits per heavy atom. The number of benzene rings is 2. The molecular formula is C14H12N2O3. The molecule has 0 aliphatic rings. The Balaban J connectivity index is 2.05. The Bertz CT molecular complexity index is 573. The summed E-state index contributed by atoms with van der Waals surface area (Å²) in [5, 5.41) is 0. The second-order valence-corrected chi connectivity index (χ2v) is 3.63. The summed E-state index contributed by atoms with van der Waals surface area (Å²) in [5.74, 6) is 1.37. The van der Waals surface area contributed by atoms with Crippen LogP contribution in [0.15, 0.2) is 53.5 Å². The molecule has 19 heavy (non-hydrogen) atoms. The molecule has 0 aliphatic carbocycles. The highest BCUT2D eigenvalue weighted by Gasteiger charge is 1.98. The highest BCUT2D eigenvalue weighted by molar-refractivity contribution is 5.51. The number of ether oxygens (including phenoxy) is 1. The lowest BCUT2D eigenvalue weighted by atomic mass is 10.3. The minimum atomic E-state index is 0.544. The molecule has 2 aromatic carbocycles. The molecule has 0 atom stereocenters. The molecule has 1 N–H and O–H groups in total. The average molecular weight is 256 g/mol. The van der Waals surface area contributed by atoms with E-state index in [2.05, 4.69) is 10.5 Å². The predicted octanol–water partition coefficient (Wildman–Crippen LogP) is 3.42. The van der Waals surface area contributed by atoms with Crippen LogP contribution in [0.1, 0.15) is 0 Å². The van der Waals surface area contributed by atoms with E-state index in [1.54, 1.807) is 31.4 Å². The van der Waals surface area contributed by atoms with Crippen molar-refractivity contribution in [1.29, 1.82) is 0 Å². The molecule has 0 amide bonds. The maximum absolute atomic E-state index is 10.1. The Hall–Kier alpha value is -2.62. The smallest absolute Gasteiger partial charge is 0.240 e. The highest BCUT2D eigenvalue weighted by Crippen LogP contribution is 2.24. The fourth-order valence-corrected chi connectivity index (χ4v) is 1.49. The third kappa shape index (κ3) is 3.67. The number of isocyanates is 1. The molecule has 0 aromatic heterocycles. The van der Waals surface area contributed by atoms with Gasteiger partial charge in [-0.25, -0.2) is 4.79 Å². The number of hydrogen-bond acceptors (Lipinski definition) is 5. The van der Waals surface area contributed by atoms with Gasteiger partial charge in [-0.2, -0.15) is 4.99 Å². The first kappa shape index (κ1) is 12.8. The van der Waals surface area contributed by atoms with Crippen molar-refractivity contribution < 1.29 is 14.4 Å². The van der Waals surface area contributed by atoms with Crippen LogP contribution >= 0.6 is 0 Å². The number of carbonyl (C=O) groups excluding carboxylic acids is 1. The molecule has 5 nitrogen and oxygen atoms in total. The molecule has 0 radical (unpaired) electrons. The summed E-state index contributed by atoms with van der Waals surface area (Å²) in [5.41, 5.74) is 4.10. The predicted molar refractivity (Wildman–Crippen MR) is 71.4 cm³/mol. The molecule has 5 heteroatoms. The van der Waals surface area contributed by atoms with E-state index in [0.717, 1.165) is 5.69 Å². The lowest BCUT2D eigenvalue weighted by molar-refractivity contribution is 0.271. The van der Waals surface area contributed by atoms with E-state index in [9.17, 15) is 4.79 Å². The minimum Gasteiger partial charge on any atom is -0.457 e. The standard InChI is InChI=1S/C14H12N2O3/c1-18-16-12-4-8-14(9-5-12)19-13-6-2-11(3-7-13)15-10-17/h2-9,16H,1H3. The van der Waals surface area contributed by atoms with Gasteiger partial charge in [0.05, 0.1) is 18.5 Å². The molecule has 2 aromatic rings. The van der Waals surface area contributed by atoms with Crippen LogP contribution in [0.4, 0.5) is 11.4 Å². The van der Waals surface area contributed by atoms with Crippen molar-refractivity contribution in [2.45, 2.75) is 0 Å². The summed E-state index contributed by atoms with van der Waals surface area (Å²) >= 11 is 0. The van der Waals surface area contributed by atoms with Crippen LogP contribution in [-0.2, 0) is 9.63 Å². The first-order valence-corrected chi connectivity index (χ1v) is 5.56. The molecule has 2 rings (SSSR count). The summed E-state index contributed by atoms with van der Waals surface area (Å²) < 4.78 is 5.64.